The molecule has 3 aromatic rings. The van der Waals surface area contributed by atoms with Crippen molar-refractivity contribution >= 4 is 29.0 Å². The SMILES string of the molecule is CNC(=O)c1[nH]nc2c1[C@H](c1cnc(-c3ccccc3C)s1)CC(=O)N2. The summed E-state index contributed by atoms with van der Waals surface area (Å²) in [6, 6.07) is 8.05. The summed E-state index contributed by atoms with van der Waals surface area (Å²) in [4.78, 5) is 29.8. The molecule has 2 amide bonds. The van der Waals surface area contributed by atoms with Crippen LogP contribution in [0.1, 0.15) is 38.8 Å². The molecule has 0 bridgehead atoms. The number of carbonyl (C=O) groups excluding carboxylic acids is 2. The minimum Gasteiger partial charge on any atom is -0.354 e. The Kier molecular flexibility index (Phi) is 4.04. The zero-order valence-electron chi connectivity index (χ0n) is 14.3. The highest BCUT2D eigenvalue weighted by molar-refractivity contribution is 7.15. The summed E-state index contributed by atoms with van der Waals surface area (Å²) in [5.74, 6) is -0.220. The molecule has 8 heteroatoms. The van der Waals surface area contributed by atoms with Gasteiger partial charge in [0.2, 0.25) is 5.91 Å². The molecule has 3 N–H and O–H groups in total. The third-order valence-corrected chi connectivity index (χ3v) is 5.64. The van der Waals surface area contributed by atoms with Gasteiger partial charge < -0.3 is 10.6 Å². The van der Waals surface area contributed by atoms with Crippen molar-refractivity contribution in [2.45, 2.75) is 19.3 Å². The zero-order chi connectivity index (χ0) is 18.3. The number of amides is 2. The minimum atomic E-state index is -0.261. The van der Waals surface area contributed by atoms with E-state index in [4.69, 9.17) is 0 Å². The Balaban J connectivity index is 1.78. The van der Waals surface area contributed by atoms with Gasteiger partial charge in [0, 0.05) is 41.6 Å². The largest absolute Gasteiger partial charge is 0.354 e. The lowest BCUT2D eigenvalue weighted by molar-refractivity contribution is -0.116. The van der Waals surface area contributed by atoms with Crippen LogP contribution in [0, 0.1) is 6.92 Å². The molecule has 1 aromatic carbocycles. The van der Waals surface area contributed by atoms with Gasteiger partial charge in [-0.2, -0.15) is 5.10 Å². The molecular weight excluding hydrogens is 350 g/mol. The third kappa shape index (κ3) is 2.68. The van der Waals surface area contributed by atoms with Crippen molar-refractivity contribution in [3.8, 4) is 10.6 Å². The molecule has 0 aliphatic carbocycles. The first-order valence-corrected chi connectivity index (χ1v) is 9.02. The number of aromatic nitrogens is 3. The molecule has 0 radical (unpaired) electrons. The highest BCUT2D eigenvalue weighted by Gasteiger charge is 2.34. The van der Waals surface area contributed by atoms with E-state index < -0.39 is 0 Å². The van der Waals surface area contributed by atoms with Gasteiger partial charge in [0.25, 0.3) is 5.91 Å². The molecule has 3 heterocycles. The lowest BCUT2D eigenvalue weighted by Gasteiger charge is -2.21. The maximum absolute atomic E-state index is 12.2. The van der Waals surface area contributed by atoms with Crippen molar-refractivity contribution in [3.05, 3.63) is 52.2 Å². The van der Waals surface area contributed by atoms with Crippen LogP contribution in [-0.2, 0) is 4.79 Å². The van der Waals surface area contributed by atoms with Gasteiger partial charge in [-0.05, 0) is 12.5 Å². The predicted octanol–water partition coefficient (Wildman–Crippen LogP) is 2.68. The van der Waals surface area contributed by atoms with Crippen LogP contribution in [-0.4, -0.2) is 34.0 Å². The number of rotatable bonds is 3. The summed E-state index contributed by atoms with van der Waals surface area (Å²) in [7, 11) is 1.56. The minimum absolute atomic E-state index is 0.122. The van der Waals surface area contributed by atoms with Crippen LogP contribution in [0.4, 0.5) is 5.82 Å². The molecule has 0 saturated heterocycles. The second-order valence-corrected chi connectivity index (χ2v) is 7.19. The van der Waals surface area contributed by atoms with Gasteiger partial charge in [-0.15, -0.1) is 11.3 Å². The predicted molar refractivity (Wildman–Crippen MR) is 99.4 cm³/mol. The molecular formula is C18H17N5O2S. The Morgan fingerprint density at radius 2 is 2.15 bits per heavy atom. The topological polar surface area (TPSA) is 99.8 Å². The first-order chi connectivity index (χ1) is 12.6. The van der Waals surface area contributed by atoms with Crippen molar-refractivity contribution in [2.75, 3.05) is 12.4 Å². The van der Waals surface area contributed by atoms with Crippen LogP contribution in [0.25, 0.3) is 10.6 Å². The number of anilines is 1. The smallest absolute Gasteiger partial charge is 0.269 e. The normalized spacial score (nSPS) is 16.1. The summed E-state index contributed by atoms with van der Waals surface area (Å²) in [6.45, 7) is 2.04. The van der Waals surface area contributed by atoms with Crippen LogP contribution in [0.2, 0.25) is 0 Å². The molecule has 7 nitrogen and oxygen atoms in total. The number of aryl methyl sites for hydroxylation is 1. The van der Waals surface area contributed by atoms with Crippen LogP contribution in [0.15, 0.2) is 30.5 Å². The fourth-order valence-electron chi connectivity index (χ4n) is 3.18. The van der Waals surface area contributed by atoms with Crippen LogP contribution in [0.3, 0.4) is 0 Å². The second kappa shape index (κ2) is 6.38. The number of nitrogens with one attached hydrogen (secondary N) is 3. The standard InChI is InChI=1S/C18H17N5O2S/c1-9-5-3-4-6-10(9)18-20-8-12(26-18)11-7-13(24)21-16-14(11)15(22-23-16)17(25)19-2/h3-6,8,11H,7H2,1-2H3,(H,19,25)(H2,21,22,23,24)/t11-/m0/s1. The van der Waals surface area contributed by atoms with E-state index >= 15 is 0 Å². The number of thiazole rings is 1. The fraction of sp³-hybridized carbons (Fsp3) is 0.222. The number of benzene rings is 1. The van der Waals surface area contributed by atoms with E-state index in [-0.39, 0.29) is 24.2 Å². The van der Waals surface area contributed by atoms with Gasteiger partial charge in [0.15, 0.2) is 5.82 Å². The number of fused-ring (bicyclic) bond motifs is 1. The average Bonchev–Trinajstić information content (AvgIpc) is 3.28. The van der Waals surface area contributed by atoms with E-state index in [9.17, 15) is 9.59 Å². The summed E-state index contributed by atoms with van der Waals surface area (Å²) >= 11 is 1.54. The highest BCUT2D eigenvalue weighted by Crippen LogP contribution is 2.41. The maximum Gasteiger partial charge on any atom is 0.269 e. The molecule has 0 unspecified atom stereocenters. The van der Waals surface area contributed by atoms with Crippen LogP contribution in [0.5, 0.6) is 0 Å². The molecule has 26 heavy (non-hydrogen) atoms. The lowest BCUT2D eigenvalue weighted by atomic mass is 9.90. The molecule has 132 valence electrons. The van der Waals surface area contributed by atoms with Gasteiger partial charge in [-0.3, -0.25) is 14.7 Å². The Bertz CT molecular complexity index is 1010. The second-order valence-electron chi connectivity index (χ2n) is 6.13. The number of hydrogen-bond acceptors (Lipinski definition) is 5. The van der Waals surface area contributed by atoms with Gasteiger partial charge in [0.05, 0.1) is 0 Å². The molecule has 4 rings (SSSR count). The number of nitrogens with zero attached hydrogens (tertiary/aromatic N) is 2. The van der Waals surface area contributed by atoms with Gasteiger partial charge in [-0.1, -0.05) is 24.3 Å². The Hall–Kier alpha value is -3.00. The molecule has 0 spiro atoms. The summed E-state index contributed by atoms with van der Waals surface area (Å²) in [6.07, 6.45) is 2.05. The van der Waals surface area contributed by atoms with Crippen LogP contribution >= 0.6 is 11.3 Å². The number of hydrogen-bond donors (Lipinski definition) is 3. The lowest BCUT2D eigenvalue weighted by Crippen LogP contribution is -2.26. The van der Waals surface area contributed by atoms with Crippen molar-refractivity contribution in [2.24, 2.45) is 0 Å². The molecule has 1 atom stereocenters. The Morgan fingerprint density at radius 1 is 1.35 bits per heavy atom. The van der Waals surface area contributed by atoms with Gasteiger partial charge >= 0.3 is 0 Å². The van der Waals surface area contributed by atoms with E-state index in [2.05, 4.69) is 25.8 Å². The zero-order valence-corrected chi connectivity index (χ0v) is 15.1. The summed E-state index contributed by atoms with van der Waals surface area (Å²) in [5.41, 5.74) is 3.30. The van der Waals surface area contributed by atoms with E-state index in [1.165, 1.54) is 11.3 Å². The van der Waals surface area contributed by atoms with E-state index in [0.29, 0.717) is 17.1 Å². The average molecular weight is 367 g/mol. The van der Waals surface area contributed by atoms with Crippen molar-refractivity contribution in [1.29, 1.82) is 0 Å². The third-order valence-electron chi connectivity index (χ3n) is 4.50. The molecule has 1 aliphatic rings. The molecule has 2 aromatic heterocycles. The Labute approximate surface area is 153 Å². The van der Waals surface area contributed by atoms with E-state index in [0.717, 1.165) is 21.0 Å². The fourth-order valence-corrected chi connectivity index (χ4v) is 4.30. The molecule has 0 saturated carbocycles. The number of aromatic amines is 1. The maximum atomic E-state index is 12.2. The van der Waals surface area contributed by atoms with Gasteiger partial charge in [-0.25, -0.2) is 4.98 Å². The van der Waals surface area contributed by atoms with Crippen LogP contribution < -0.4 is 10.6 Å². The van der Waals surface area contributed by atoms with Crippen molar-refractivity contribution in [1.82, 2.24) is 20.5 Å². The van der Waals surface area contributed by atoms with E-state index in [1.807, 2.05) is 31.2 Å². The van der Waals surface area contributed by atoms with Crippen molar-refractivity contribution in [3.63, 3.8) is 0 Å². The monoisotopic (exact) mass is 367 g/mol. The first kappa shape index (κ1) is 16.5. The Morgan fingerprint density at radius 3 is 2.92 bits per heavy atom. The van der Waals surface area contributed by atoms with E-state index in [1.54, 1.807) is 13.2 Å². The van der Waals surface area contributed by atoms with Crippen molar-refractivity contribution < 1.29 is 9.59 Å². The first-order valence-electron chi connectivity index (χ1n) is 8.20. The highest BCUT2D eigenvalue weighted by atomic mass is 32.1. The summed E-state index contributed by atoms with van der Waals surface area (Å²) in [5, 5.41) is 13.1. The quantitative estimate of drug-likeness (QED) is 0.663. The number of H-pyrrole nitrogens is 1. The van der Waals surface area contributed by atoms with Gasteiger partial charge in [0.1, 0.15) is 10.7 Å². The summed E-state index contributed by atoms with van der Waals surface area (Å²) < 4.78 is 0. The number of carbonyl (C=O) groups is 2. The molecule has 1 aliphatic heterocycles. The molecule has 0 fully saturated rings.